The molecule has 0 atom stereocenters. The Labute approximate surface area is 141 Å². The van der Waals surface area contributed by atoms with Crippen molar-refractivity contribution < 1.29 is 4.79 Å². The van der Waals surface area contributed by atoms with Crippen molar-refractivity contribution in [1.82, 2.24) is 9.80 Å². The molecule has 0 aliphatic carbocycles. The number of amides is 1. The molecule has 0 radical (unpaired) electrons. The second-order valence-corrected chi connectivity index (χ2v) is 7.08. The molecular formula is C18H23N3OS. The summed E-state index contributed by atoms with van der Waals surface area (Å²) in [6.45, 7) is 6.48. The van der Waals surface area contributed by atoms with E-state index < -0.39 is 0 Å². The van der Waals surface area contributed by atoms with Crippen LogP contribution in [0.3, 0.4) is 0 Å². The Morgan fingerprint density at radius 3 is 2.30 bits per heavy atom. The van der Waals surface area contributed by atoms with Gasteiger partial charge in [-0.05, 0) is 48.7 Å². The predicted molar refractivity (Wildman–Crippen MR) is 94.4 cm³/mol. The molecule has 1 fully saturated rings. The molecule has 1 saturated heterocycles. The fraction of sp³-hybridized carbons (Fsp3) is 0.389. The van der Waals surface area contributed by atoms with Crippen LogP contribution in [-0.4, -0.2) is 41.9 Å². The van der Waals surface area contributed by atoms with Crippen LogP contribution >= 0.6 is 11.3 Å². The third kappa shape index (κ3) is 4.64. The van der Waals surface area contributed by atoms with Crippen LogP contribution in [-0.2, 0) is 13.1 Å². The number of carbonyl (C=O) groups is 1. The first kappa shape index (κ1) is 16.2. The summed E-state index contributed by atoms with van der Waals surface area (Å²) in [6, 6.07) is 12.0. The first-order valence-electron chi connectivity index (χ1n) is 8.06. The van der Waals surface area contributed by atoms with Crippen molar-refractivity contribution >= 4 is 17.2 Å². The van der Waals surface area contributed by atoms with E-state index in [0.717, 1.165) is 39.3 Å². The highest BCUT2D eigenvalue weighted by molar-refractivity contribution is 7.09. The van der Waals surface area contributed by atoms with Gasteiger partial charge in [0.2, 0.25) is 5.91 Å². The second kappa shape index (κ2) is 7.73. The molecule has 1 aliphatic rings. The van der Waals surface area contributed by atoms with Crippen LogP contribution in [0.2, 0.25) is 0 Å². The van der Waals surface area contributed by atoms with Crippen LogP contribution in [0.1, 0.15) is 27.2 Å². The number of carbonyl (C=O) groups excluding carboxylic acids is 1. The number of thiophene rings is 1. The number of nitrogens with zero attached hydrogens (tertiary/aromatic N) is 2. The Hall–Kier alpha value is -1.69. The predicted octanol–water partition coefficient (Wildman–Crippen LogP) is 2.55. The number of hydrogen-bond acceptors (Lipinski definition) is 4. The molecule has 2 heterocycles. The lowest BCUT2D eigenvalue weighted by molar-refractivity contribution is 0.100. The number of hydrogen-bond donors (Lipinski definition) is 1. The van der Waals surface area contributed by atoms with Gasteiger partial charge in [-0.25, -0.2) is 0 Å². The van der Waals surface area contributed by atoms with Crippen LogP contribution in [0.4, 0.5) is 0 Å². The van der Waals surface area contributed by atoms with Crippen molar-refractivity contribution in [3.8, 4) is 0 Å². The molecule has 0 spiro atoms. The molecule has 0 bridgehead atoms. The summed E-state index contributed by atoms with van der Waals surface area (Å²) >= 11 is 1.84. The first-order valence-corrected chi connectivity index (χ1v) is 8.94. The van der Waals surface area contributed by atoms with Crippen LogP contribution in [0.5, 0.6) is 0 Å². The van der Waals surface area contributed by atoms with E-state index in [-0.39, 0.29) is 5.91 Å². The van der Waals surface area contributed by atoms with Crippen molar-refractivity contribution in [1.29, 1.82) is 0 Å². The van der Waals surface area contributed by atoms with E-state index in [4.69, 9.17) is 5.73 Å². The standard InChI is InChI=1S/C18H23N3OS/c19-18(22)16-6-4-15(5-7-16)13-20-8-2-9-21(11-10-20)14-17-3-1-12-23-17/h1,3-7,12H,2,8-11,13-14H2,(H2,19,22). The zero-order valence-corrected chi connectivity index (χ0v) is 14.1. The van der Waals surface area contributed by atoms with Gasteiger partial charge in [-0.15, -0.1) is 11.3 Å². The van der Waals surface area contributed by atoms with Gasteiger partial charge in [-0.1, -0.05) is 18.2 Å². The second-order valence-electron chi connectivity index (χ2n) is 6.05. The van der Waals surface area contributed by atoms with Crippen LogP contribution in [0.25, 0.3) is 0 Å². The Morgan fingerprint density at radius 1 is 1.00 bits per heavy atom. The van der Waals surface area contributed by atoms with Crippen molar-refractivity contribution in [2.24, 2.45) is 5.73 Å². The quantitative estimate of drug-likeness (QED) is 0.917. The summed E-state index contributed by atoms with van der Waals surface area (Å²) in [5.74, 6) is -0.365. The Morgan fingerprint density at radius 2 is 1.70 bits per heavy atom. The molecule has 1 amide bonds. The van der Waals surface area contributed by atoms with Crippen LogP contribution in [0, 0.1) is 0 Å². The number of primary amides is 1. The molecule has 1 aromatic heterocycles. The molecule has 3 rings (SSSR count). The zero-order valence-electron chi connectivity index (χ0n) is 13.3. The Balaban J connectivity index is 1.52. The van der Waals surface area contributed by atoms with Gasteiger partial charge in [0.25, 0.3) is 0 Å². The molecule has 5 heteroatoms. The van der Waals surface area contributed by atoms with E-state index >= 15 is 0 Å². The fourth-order valence-electron chi connectivity index (χ4n) is 3.00. The fourth-order valence-corrected chi connectivity index (χ4v) is 3.74. The smallest absolute Gasteiger partial charge is 0.248 e. The van der Waals surface area contributed by atoms with Gasteiger partial charge < -0.3 is 5.73 Å². The molecule has 4 nitrogen and oxygen atoms in total. The Bertz CT molecular complexity index is 624. The number of nitrogens with two attached hydrogens (primary N) is 1. The molecule has 122 valence electrons. The molecule has 0 saturated carbocycles. The first-order chi connectivity index (χ1) is 11.2. The van der Waals surface area contributed by atoms with E-state index in [1.54, 1.807) is 0 Å². The minimum Gasteiger partial charge on any atom is -0.366 e. The van der Waals surface area contributed by atoms with E-state index in [9.17, 15) is 4.79 Å². The molecule has 1 aliphatic heterocycles. The summed E-state index contributed by atoms with van der Waals surface area (Å²) in [5, 5.41) is 2.15. The van der Waals surface area contributed by atoms with Gasteiger partial charge in [0.05, 0.1) is 0 Å². The van der Waals surface area contributed by atoms with Gasteiger partial charge in [-0.3, -0.25) is 14.6 Å². The third-order valence-corrected chi connectivity index (χ3v) is 5.15. The molecule has 2 N–H and O–H groups in total. The minimum absolute atomic E-state index is 0.365. The summed E-state index contributed by atoms with van der Waals surface area (Å²) in [4.78, 5) is 17.6. The lowest BCUT2D eigenvalue weighted by atomic mass is 10.1. The monoisotopic (exact) mass is 329 g/mol. The maximum Gasteiger partial charge on any atom is 0.248 e. The average molecular weight is 329 g/mol. The molecule has 23 heavy (non-hydrogen) atoms. The average Bonchev–Trinajstić information content (AvgIpc) is 2.96. The summed E-state index contributed by atoms with van der Waals surface area (Å²) in [7, 11) is 0. The van der Waals surface area contributed by atoms with E-state index in [2.05, 4.69) is 27.3 Å². The highest BCUT2D eigenvalue weighted by Crippen LogP contribution is 2.15. The van der Waals surface area contributed by atoms with Gasteiger partial charge in [0.1, 0.15) is 0 Å². The molecule has 1 aromatic carbocycles. The highest BCUT2D eigenvalue weighted by Gasteiger charge is 2.15. The van der Waals surface area contributed by atoms with Gasteiger partial charge in [0, 0.05) is 36.6 Å². The van der Waals surface area contributed by atoms with Gasteiger partial charge in [-0.2, -0.15) is 0 Å². The normalized spacial score (nSPS) is 17.0. The summed E-state index contributed by atoms with van der Waals surface area (Å²) in [5.41, 5.74) is 7.10. The maximum absolute atomic E-state index is 11.1. The van der Waals surface area contributed by atoms with Crippen molar-refractivity contribution in [3.05, 3.63) is 57.8 Å². The maximum atomic E-state index is 11.1. The van der Waals surface area contributed by atoms with E-state index in [0.29, 0.717) is 5.56 Å². The molecular weight excluding hydrogens is 306 g/mol. The third-order valence-electron chi connectivity index (χ3n) is 4.29. The zero-order chi connectivity index (χ0) is 16.1. The van der Waals surface area contributed by atoms with Crippen LogP contribution in [0.15, 0.2) is 41.8 Å². The van der Waals surface area contributed by atoms with Crippen LogP contribution < -0.4 is 5.73 Å². The lowest BCUT2D eigenvalue weighted by Crippen LogP contribution is -2.30. The Kier molecular flexibility index (Phi) is 5.43. The largest absolute Gasteiger partial charge is 0.366 e. The summed E-state index contributed by atoms with van der Waals surface area (Å²) < 4.78 is 0. The highest BCUT2D eigenvalue weighted by atomic mass is 32.1. The number of rotatable bonds is 5. The van der Waals surface area contributed by atoms with Crippen molar-refractivity contribution in [2.45, 2.75) is 19.5 Å². The van der Waals surface area contributed by atoms with Crippen molar-refractivity contribution in [3.63, 3.8) is 0 Å². The summed E-state index contributed by atoms with van der Waals surface area (Å²) in [6.07, 6.45) is 1.20. The minimum atomic E-state index is -0.365. The lowest BCUT2D eigenvalue weighted by Gasteiger charge is -2.21. The van der Waals surface area contributed by atoms with Crippen molar-refractivity contribution in [2.75, 3.05) is 26.2 Å². The van der Waals surface area contributed by atoms with Gasteiger partial charge >= 0.3 is 0 Å². The van der Waals surface area contributed by atoms with E-state index in [1.807, 2.05) is 35.6 Å². The number of benzene rings is 1. The SMILES string of the molecule is NC(=O)c1ccc(CN2CCCN(Cc3cccs3)CC2)cc1. The van der Waals surface area contributed by atoms with E-state index in [1.165, 1.54) is 16.9 Å². The van der Waals surface area contributed by atoms with Gasteiger partial charge in [0.15, 0.2) is 0 Å². The molecule has 2 aromatic rings. The topological polar surface area (TPSA) is 49.6 Å². The molecule has 0 unspecified atom stereocenters.